The fourth-order valence-corrected chi connectivity index (χ4v) is 2.47. The van der Waals surface area contributed by atoms with Crippen molar-refractivity contribution in [1.29, 1.82) is 0 Å². The van der Waals surface area contributed by atoms with Gasteiger partial charge in [0.1, 0.15) is 5.69 Å². The molecule has 1 aromatic rings. The van der Waals surface area contributed by atoms with E-state index < -0.39 is 4.92 Å². The van der Waals surface area contributed by atoms with Gasteiger partial charge in [0.2, 0.25) is 0 Å². The summed E-state index contributed by atoms with van der Waals surface area (Å²) in [7, 11) is 1.38. The first-order valence-corrected chi connectivity index (χ1v) is 6.35. The van der Waals surface area contributed by atoms with Gasteiger partial charge in [-0.3, -0.25) is 19.8 Å². The van der Waals surface area contributed by atoms with Gasteiger partial charge in [0, 0.05) is 19.2 Å². The molecule has 1 heterocycles. The van der Waals surface area contributed by atoms with Gasteiger partial charge < -0.3 is 10.5 Å². The van der Waals surface area contributed by atoms with Crippen LogP contribution in [0.3, 0.4) is 0 Å². The number of rotatable bonds is 4. The Morgan fingerprint density at radius 2 is 2.35 bits per heavy atom. The number of benzene rings is 1. The summed E-state index contributed by atoms with van der Waals surface area (Å²) in [6.45, 7) is 1.84. The molecule has 1 aliphatic heterocycles. The summed E-state index contributed by atoms with van der Waals surface area (Å²) in [6.07, 6.45) is 0.738. The van der Waals surface area contributed by atoms with Crippen molar-refractivity contribution in [2.24, 2.45) is 5.92 Å². The van der Waals surface area contributed by atoms with Gasteiger partial charge in [0.25, 0.3) is 5.69 Å². The molecule has 1 saturated heterocycles. The van der Waals surface area contributed by atoms with E-state index in [1.54, 1.807) is 12.1 Å². The zero-order valence-corrected chi connectivity index (χ0v) is 11.2. The van der Waals surface area contributed by atoms with E-state index in [1.165, 1.54) is 13.2 Å². The third-order valence-corrected chi connectivity index (χ3v) is 3.57. The Hall–Kier alpha value is -2.15. The second-order valence-corrected chi connectivity index (χ2v) is 4.85. The van der Waals surface area contributed by atoms with Crippen molar-refractivity contribution in [3.8, 4) is 0 Å². The number of hydrogen-bond acceptors (Lipinski definition) is 6. The Morgan fingerprint density at radius 1 is 1.60 bits per heavy atom. The molecule has 1 fully saturated rings. The van der Waals surface area contributed by atoms with E-state index in [0.29, 0.717) is 18.7 Å². The minimum Gasteiger partial charge on any atom is -0.469 e. The van der Waals surface area contributed by atoms with Crippen LogP contribution in [0.1, 0.15) is 12.0 Å². The van der Waals surface area contributed by atoms with Crippen LogP contribution in [0, 0.1) is 16.0 Å². The molecule has 2 rings (SSSR count). The number of hydrogen-bond donors (Lipinski definition) is 1. The fourth-order valence-electron chi connectivity index (χ4n) is 2.47. The molecule has 1 unspecified atom stereocenters. The van der Waals surface area contributed by atoms with Gasteiger partial charge in [0.05, 0.1) is 18.0 Å². The number of carbonyl (C=O) groups excluding carboxylic acids is 1. The fraction of sp³-hybridized carbons (Fsp3) is 0.462. The van der Waals surface area contributed by atoms with Gasteiger partial charge in [-0.2, -0.15) is 0 Å². The minimum atomic E-state index is -0.486. The van der Waals surface area contributed by atoms with Crippen molar-refractivity contribution in [2.45, 2.75) is 13.0 Å². The predicted molar refractivity (Wildman–Crippen MR) is 72.9 cm³/mol. The maximum Gasteiger partial charge on any atom is 0.310 e. The van der Waals surface area contributed by atoms with Crippen LogP contribution in [0.15, 0.2) is 18.2 Å². The van der Waals surface area contributed by atoms with E-state index in [9.17, 15) is 14.9 Å². The van der Waals surface area contributed by atoms with E-state index in [1.807, 2.05) is 0 Å². The van der Waals surface area contributed by atoms with Crippen LogP contribution in [-0.4, -0.2) is 36.0 Å². The smallest absolute Gasteiger partial charge is 0.310 e. The summed E-state index contributed by atoms with van der Waals surface area (Å²) in [5.74, 6) is -0.334. The molecule has 108 valence electrons. The second-order valence-electron chi connectivity index (χ2n) is 4.85. The van der Waals surface area contributed by atoms with Crippen molar-refractivity contribution in [1.82, 2.24) is 4.90 Å². The quantitative estimate of drug-likeness (QED) is 0.384. The molecule has 0 aliphatic carbocycles. The Balaban J connectivity index is 2.07. The van der Waals surface area contributed by atoms with E-state index in [0.717, 1.165) is 13.0 Å². The molecule has 0 amide bonds. The van der Waals surface area contributed by atoms with Crippen molar-refractivity contribution in [3.63, 3.8) is 0 Å². The SMILES string of the molecule is COC(=O)C1CCN(Cc2cccc([N+](=O)[O-])c2N)C1. The molecule has 1 atom stereocenters. The summed E-state index contributed by atoms with van der Waals surface area (Å²) in [4.78, 5) is 23.9. The molecule has 0 saturated carbocycles. The highest BCUT2D eigenvalue weighted by Gasteiger charge is 2.29. The molecule has 2 N–H and O–H groups in total. The van der Waals surface area contributed by atoms with E-state index in [-0.39, 0.29) is 23.3 Å². The molecule has 1 aromatic carbocycles. The number of nitrogen functional groups attached to an aromatic ring is 1. The monoisotopic (exact) mass is 279 g/mol. The van der Waals surface area contributed by atoms with E-state index in [2.05, 4.69) is 4.90 Å². The first-order chi connectivity index (χ1) is 9.52. The van der Waals surface area contributed by atoms with Crippen molar-refractivity contribution < 1.29 is 14.5 Å². The van der Waals surface area contributed by atoms with Crippen molar-refractivity contribution in [3.05, 3.63) is 33.9 Å². The Kier molecular flexibility index (Phi) is 4.19. The maximum absolute atomic E-state index is 11.5. The number of likely N-dealkylation sites (tertiary alicyclic amines) is 1. The largest absolute Gasteiger partial charge is 0.469 e. The average molecular weight is 279 g/mol. The molecule has 1 aliphatic rings. The lowest BCUT2D eigenvalue weighted by Crippen LogP contribution is -2.24. The predicted octanol–water partition coefficient (Wildman–Crippen LogP) is 1.17. The number of carbonyl (C=O) groups is 1. The Labute approximate surface area is 116 Å². The number of nitro benzene ring substituents is 1. The molecule has 20 heavy (non-hydrogen) atoms. The number of nitrogens with zero attached hydrogens (tertiary/aromatic N) is 2. The lowest BCUT2D eigenvalue weighted by atomic mass is 10.1. The second kappa shape index (κ2) is 5.87. The minimum absolute atomic E-state index is 0.0776. The molecule has 0 aromatic heterocycles. The van der Waals surface area contributed by atoms with E-state index >= 15 is 0 Å². The van der Waals surface area contributed by atoms with Crippen LogP contribution in [0.5, 0.6) is 0 Å². The van der Waals surface area contributed by atoms with Crippen LogP contribution < -0.4 is 5.73 Å². The molecule has 7 nitrogen and oxygen atoms in total. The highest BCUT2D eigenvalue weighted by atomic mass is 16.6. The highest BCUT2D eigenvalue weighted by molar-refractivity contribution is 5.72. The summed E-state index contributed by atoms with van der Waals surface area (Å²) >= 11 is 0. The van der Waals surface area contributed by atoms with Crippen LogP contribution >= 0.6 is 0 Å². The van der Waals surface area contributed by atoms with Gasteiger partial charge in [-0.1, -0.05) is 12.1 Å². The van der Waals surface area contributed by atoms with Crippen LogP contribution in [0.4, 0.5) is 11.4 Å². The highest BCUT2D eigenvalue weighted by Crippen LogP contribution is 2.27. The molecule has 0 bridgehead atoms. The number of nitro groups is 1. The van der Waals surface area contributed by atoms with Gasteiger partial charge in [-0.15, -0.1) is 0 Å². The molecular weight excluding hydrogens is 262 g/mol. The van der Waals surface area contributed by atoms with Crippen molar-refractivity contribution >= 4 is 17.3 Å². The number of esters is 1. The zero-order valence-electron chi connectivity index (χ0n) is 11.2. The van der Waals surface area contributed by atoms with Crippen LogP contribution in [0.25, 0.3) is 0 Å². The number of ether oxygens (including phenoxy) is 1. The third kappa shape index (κ3) is 2.88. The standard InChI is InChI=1S/C13H17N3O4/c1-20-13(17)10-5-6-15(8-10)7-9-3-2-4-11(12(9)14)16(18)19/h2-4,10H,5-8,14H2,1H3. The van der Waals surface area contributed by atoms with Gasteiger partial charge in [-0.05, 0) is 18.5 Å². The normalized spacial score (nSPS) is 18.9. The van der Waals surface area contributed by atoms with Crippen LogP contribution in [-0.2, 0) is 16.1 Å². The Morgan fingerprint density at radius 3 is 3.00 bits per heavy atom. The van der Waals surface area contributed by atoms with Crippen LogP contribution in [0.2, 0.25) is 0 Å². The lowest BCUT2D eigenvalue weighted by Gasteiger charge is -2.16. The zero-order chi connectivity index (χ0) is 14.7. The summed E-state index contributed by atoms with van der Waals surface area (Å²) in [5, 5.41) is 10.8. The third-order valence-electron chi connectivity index (χ3n) is 3.57. The number of nitrogens with two attached hydrogens (primary N) is 1. The maximum atomic E-state index is 11.5. The summed E-state index contributed by atoms with van der Waals surface area (Å²) in [5.41, 5.74) is 6.65. The van der Waals surface area contributed by atoms with Gasteiger partial charge in [0.15, 0.2) is 0 Å². The lowest BCUT2D eigenvalue weighted by molar-refractivity contribution is -0.384. The molecule has 7 heteroatoms. The van der Waals surface area contributed by atoms with E-state index in [4.69, 9.17) is 10.5 Å². The number of methoxy groups -OCH3 is 1. The van der Waals surface area contributed by atoms with Gasteiger partial charge in [-0.25, -0.2) is 0 Å². The topological polar surface area (TPSA) is 98.7 Å². The molecular formula is C13H17N3O4. The first-order valence-electron chi connectivity index (χ1n) is 6.35. The molecule has 0 spiro atoms. The number of anilines is 1. The number of para-hydroxylation sites is 1. The summed E-state index contributed by atoms with van der Waals surface area (Å²) in [6, 6.07) is 4.78. The first kappa shape index (κ1) is 14.3. The van der Waals surface area contributed by atoms with Gasteiger partial charge >= 0.3 is 5.97 Å². The van der Waals surface area contributed by atoms with Crippen molar-refractivity contribution in [2.75, 3.05) is 25.9 Å². The average Bonchev–Trinajstić information content (AvgIpc) is 2.88. The Bertz CT molecular complexity index is 532. The molecule has 0 radical (unpaired) electrons. The summed E-state index contributed by atoms with van der Waals surface area (Å²) < 4.78 is 4.73.